The fraction of sp³-hybridized carbons (Fsp3) is 0.304. The van der Waals surface area contributed by atoms with Crippen molar-refractivity contribution in [3.8, 4) is 5.75 Å². The Balaban J connectivity index is 1.78. The van der Waals surface area contributed by atoms with Crippen molar-refractivity contribution >= 4 is 28.4 Å². The third-order valence-corrected chi connectivity index (χ3v) is 5.64. The van der Waals surface area contributed by atoms with Crippen LogP contribution >= 0.6 is 0 Å². The van der Waals surface area contributed by atoms with Gasteiger partial charge in [0.25, 0.3) is 5.91 Å². The Labute approximate surface area is 170 Å². The van der Waals surface area contributed by atoms with Crippen LogP contribution in [0.1, 0.15) is 34.5 Å². The standard InChI is InChI=1S/C23H25N3O3/c1-15-7-4-5-8-16(15)14-24-23(28)22-21(26-12-6-9-20(26)27)18-13-17(29-3)10-11-19(18)25(22)2/h4-5,7-8,10-11,13H,6,9,12,14H2,1-3H3,(H,24,28). The predicted molar refractivity (Wildman–Crippen MR) is 113 cm³/mol. The molecule has 3 aromatic rings. The van der Waals surface area contributed by atoms with Crippen molar-refractivity contribution < 1.29 is 14.3 Å². The van der Waals surface area contributed by atoms with Gasteiger partial charge in [0.15, 0.2) is 0 Å². The van der Waals surface area contributed by atoms with E-state index in [4.69, 9.17) is 4.74 Å². The maximum absolute atomic E-state index is 13.3. The molecular formula is C23H25N3O3. The number of rotatable bonds is 5. The van der Waals surface area contributed by atoms with Crippen LogP contribution in [0.15, 0.2) is 42.5 Å². The largest absolute Gasteiger partial charge is 0.497 e. The SMILES string of the molecule is COc1ccc2c(c1)c(N1CCCC1=O)c(C(=O)NCc1ccccc1C)n2C. The van der Waals surface area contributed by atoms with Gasteiger partial charge in [-0.25, -0.2) is 0 Å². The zero-order chi connectivity index (χ0) is 20.5. The van der Waals surface area contributed by atoms with Crippen LogP contribution in [-0.2, 0) is 18.4 Å². The van der Waals surface area contributed by atoms with E-state index in [1.54, 1.807) is 12.0 Å². The Bertz CT molecular complexity index is 1100. The minimum atomic E-state index is -0.194. The molecule has 0 aliphatic carbocycles. The lowest BCUT2D eigenvalue weighted by atomic mass is 10.1. The molecule has 0 unspecified atom stereocenters. The van der Waals surface area contributed by atoms with E-state index < -0.39 is 0 Å². The number of methoxy groups -OCH3 is 1. The molecule has 29 heavy (non-hydrogen) atoms. The van der Waals surface area contributed by atoms with Crippen molar-refractivity contribution in [2.45, 2.75) is 26.3 Å². The summed E-state index contributed by atoms with van der Waals surface area (Å²) in [6, 6.07) is 13.7. The van der Waals surface area contributed by atoms with Crippen molar-refractivity contribution in [3.63, 3.8) is 0 Å². The molecule has 6 heteroatoms. The summed E-state index contributed by atoms with van der Waals surface area (Å²) in [6.45, 7) is 3.08. The molecule has 150 valence electrons. The fourth-order valence-electron chi connectivity index (χ4n) is 4.02. The van der Waals surface area contributed by atoms with Gasteiger partial charge >= 0.3 is 0 Å². The van der Waals surface area contributed by atoms with Crippen molar-refractivity contribution in [1.82, 2.24) is 9.88 Å². The summed E-state index contributed by atoms with van der Waals surface area (Å²) in [4.78, 5) is 27.5. The minimum Gasteiger partial charge on any atom is -0.497 e. The van der Waals surface area contributed by atoms with Crippen LogP contribution in [-0.4, -0.2) is 30.0 Å². The number of nitrogens with zero attached hydrogens (tertiary/aromatic N) is 2. The predicted octanol–water partition coefficient (Wildman–Crippen LogP) is 3.55. The number of aryl methyl sites for hydroxylation is 2. The first kappa shape index (κ1) is 19.1. The van der Waals surface area contributed by atoms with Crippen molar-refractivity contribution in [3.05, 3.63) is 59.3 Å². The van der Waals surface area contributed by atoms with Gasteiger partial charge in [0.1, 0.15) is 11.4 Å². The molecule has 1 saturated heterocycles. The van der Waals surface area contributed by atoms with Crippen LogP contribution in [0, 0.1) is 6.92 Å². The van der Waals surface area contributed by atoms with E-state index in [1.165, 1.54) is 0 Å². The quantitative estimate of drug-likeness (QED) is 0.723. The number of hydrogen-bond donors (Lipinski definition) is 1. The number of aromatic nitrogens is 1. The number of carbonyl (C=O) groups excluding carboxylic acids is 2. The average molecular weight is 391 g/mol. The maximum Gasteiger partial charge on any atom is 0.270 e. The lowest BCUT2D eigenvalue weighted by Gasteiger charge is -2.18. The third-order valence-electron chi connectivity index (χ3n) is 5.64. The van der Waals surface area contributed by atoms with E-state index in [0.29, 0.717) is 36.6 Å². The zero-order valence-electron chi connectivity index (χ0n) is 17.0. The van der Waals surface area contributed by atoms with Crippen LogP contribution in [0.4, 0.5) is 5.69 Å². The zero-order valence-corrected chi connectivity index (χ0v) is 17.0. The smallest absolute Gasteiger partial charge is 0.270 e. The maximum atomic E-state index is 13.3. The van der Waals surface area contributed by atoms with Gasteiger partial charge in [-0.05, 0) is 42.7 Å². The lowest BCUT2D eigenvalue weighted by molar-refractivity contribution is -0.117. The van der Waals surface area contributed by atoms with Crippen molar-refractivity contribution in [1.29, 1.82) is 0 Å². The highest BCUT2D eigenvalue weighted by Crippen LogP contribution is 2.37. The van der Waals surface area contributed by atoms with Gasteiger partial charge in [-0.15, -0.1) is 0 Å². The Morgan fingerprint density at radius 2 is 2.00 bits per heavy atom. The summed E-state index contributed by atoms with van der Waals surface area (Å²) >= 11 is 0. The number of nitrogens with one attached hydrogen (secondary N) is 1. The van der Waals surface area contributed by atoms with Gasteiger partial charge in [-0.3, -0.25) is 9.59 Å². The number of anilines is 1. The molecule has 4 rings (SSSR count). The van der Waals surface area contributed by atoms with Crippen LogP contribution < -0.4 is 15.0 Å². The van der Waals surface area contributed by atoms with Crippen LogP contribution in [0.3, 0.4) is 0 Å². The summed E-state index contributed by atoms with van der Waals surface area (Å²) in [5.41, 5.74) is 4.26. The number of hydrogen-bond acceptors (Lipinski definition) is 3. The molecule has 2 amide bonds. The monoisotopic (exact) mass is 391 g/mol. The van der Waals surface area contributed by atoms with Crippen molar-refractivity contribution in [2.75, 3.05) is 18.6 Å². The first-order chi connectivity index (χ1) is 14.0. The van der Waals surface area contributed by atoms with E-state index in [1.807, 2.05) is 61.0 Å². The number of benzene rings is 2. The Hall–Kier alpha value is -3.28. The van der Waals surface area contributed by atoms with Crippen molar-refractivity contribution in [2.24, 2.45) is 7.05 Å². The van der Waals surface area contributed by atoms with Crippen LogP contribution in [0.2, 0.25) is 0 Å². The number of ether oxygens (including phenoxy) is 1. The highest BCUT2D eigenvalue weighted by atomic mass is 16.5. The summed E-state index contributed by atoms with van der Waals surface area (Å²) in [5.74, 6) is 0.553. The molecule has 1 aromatic heterocycles. The van der Waals surface area contributed by atoms with Crippen LogP contribution in [0.5, 0.6) is 5.75 Å². The third kappa shape index (κ3) is 3.35. The molecule has 0 spiro atoms. The molecule has 0 atom stereocenters. The Kier molecular flexibility index (Phi) is 5.01. The molecule has 1 aliphatic rings. The summed E-state index contributed by atoms with van der Waals surface area (Å²) in [7, 11) is 3.47. The van der Waals surface area contributed by atoms with E-state index in [9.17, 15) is 9.59 Å². The van der Waals surface area contributed by atoms with Crippen LogP contribution in [0.25, 0.3) is 10.9 Å². The van der Waals surface area contributed by atoms with E-state index in [-0.39, 0.29) is 11.8 Å². The molecule has 0 radical (unpaired) electrons. The van der Waals surface area contributed by atoms with Gasteiger partial charge in [0.05, 0.1) is 18.3 Å². The second-order valence-electron chi connectivity index (χ2n) is 7.40. The summed E-state index contributed by atoms with van der Waals surface area (Å²) < 4.78 is 7.25. The lowest BCUT2D eigenvalue weighted by Crippen LogP contribution is -2.30. The van der Waals surface area contributed by atoms with Gasteiger partial charge in [-0.1, -0.05) is 24.3 Å². The van der Waals surface area contributed by atoms with E-state index in [2.05, 4.69) is 5.32 Å². The molecule has 2 aromatic carbocycles. The van der Waals surface area contributed by atoms with Gasteiger partial charge in [0.2, 0.25) is 5.91 Å². The molecule has 1 fully saturated rings. The second kappa shape index (κ2) is 7.62. The summed E-state index contributed by atoms with van der Waals surface area (Å²) in [6.07, 6.45) is 1.30. The number of carbonyl (C=O) groups is 2. The fourth-order valence-corrected chi connectivity index (χ4v) is 4.02. The van der Waals surface area contributed by atoms with Gasteiger partial charge in [0, 0.05) is 31.9 Å². The highest BCUT2D eigenvalue weighted by molar-refractivity contribution is 6.14. The minimum absolute atomic E-state index is 0.0493. The molecule has 6 nitrogen and oxygen atoms in total. The Morgan fingerprint density at radius 3 is 2.69 bits per heavy atom. The average Bonchev–Trinajstić information content (AvgIpc) is 3.27. The van der Waals surface area contributed by atoms with Gasteiger partial charge in [-0.2, -0.15) is 0 Å². The first-order valence-corrected chi connectivity index (χ1v) is 9.80. The number of fused-ring (bicyclic) bond motifs is 1. The molecular weight excluding hydrogens is 366 g/mol. The normalized spacial score (nSPS) is 13.9. The van der Waals surface area contributed by atoms with Gasteiger partial charge < -0.3 is 19.5 Å². The molecule has 0 bridgehead atoms. The van der Waals surface area contributed by atoms with E-state index in [0.717, 1.165) is 28.5 Å². The summed E-state index contributed by atoms with van der Waals surface area (Å²) in [5, 5.41) is 3.89. The second-order valence-corrected chi connectivity index (χ2v) is 7.40. The highest BCUT2D eigenvalue weighted by Gasteiger charge is 2.31. The molecule has 0 saturated carbocycles. The topological polar surface area (TPSA) is 63.6 Å². The Morgan fingerprint density at radius 1 is 1.21 bits per heavy atom. The molecule has 1 aliphatic heterocycles. The molecule has 1 N–H and O–H groups in total. The first-order valence-electron chi connectivity index (χ1n) is 9.80. The van der Waals surface area contributed by atoms with E-state index >= 15 is 0 Å². The molecule has 2 heterocycles. The number of amides is 2.